The first-order chi connectivity index (χ1) is 13.6. The van der Waals surface area contributed by atoms with Gasteiger partial charge in [-0.1, -0.05) is 30.3 Å². The van der Waals surface area contributed by atoms with Gasteiger partial charge in [-0.2, -0.15) is 0 Å². The van der Waals surface area contributed by atoms with Crippen LogP contribution in [0, 0.1) is 11.6 Å². The maximum absolute atomic E-state index is 13.9. The SMILES string of the molecule is CNC(=O)[C@@H]1C[C@H](NCc2c(F)cccc2F)CN1C1Cc2ccccc2C1. The Morgan fingerprint density at radius 3 is 2.32 bits per heavy atom. The topological polar surface area (TPSA) is 44.4 Å². The maximum atomic E-state index is 13.9. The Hall–Kier alpha value is -2.31. The second-order valence-corrected chi connectivity index (χ2v) is 7.67. The zero-order valence-corrected chi connectivity index (χ0v) is 15.9. The summed E-state index contributed by atoms with van der Waals surface area (Å²) in [5, 5.41) is 6.03. The molecule has 1 aliphatic heterocycles. The lowest BCUT2D eigenvalue weighted by atomic mass is 10.1. The van der Waals surface area contributed by atoms with Gasteiger partial charge in [-0.25, -0.2) is 8.78 Å². The van der Waals surface area contributed by atoms with Crippen molar-refractivity contribution in [2.24, 2.45) is 0 Å². The van der Waals surface area contributed by atoms with Crippen LogP contribution in [0.1, 0.15) is 23.1 Å². The highest BCUT2D eigenvalue weighted by atomic mass is 19.1. The fraction of sp³-hybridized carbons (Fsp3) is 0.409. The first-order valence-corrected chi connectivity index (χ1v) is 9.77. The minimum Gasteiger partial charge on any atom is -0.358 e. The van der Waals surface area contributed by atoms with Crippen molar-refractivity contribution in [3.63, 3.8) is 0 Å². The third-order valence-electron chi connectivity index (χ3n) is 6.02. The lowest BCUT2D eigenvalue weighted by Gasteiger charge is -2.29. The molecule has 0 aromatic heterocycles. The van der Waals surface area contributed by atoms with Crippen LogP contribution in [0.5, 0.6) is 0 Å². The second-order valence-electron chi connectivity index (χ2n) is 7.67. The van der Waals surface area contributed by atoms with Crippen molar-refractivity contribution in [3.8, 4) is 0 Å². The molecule has 2 aliphatic rings. The van der Waals surface area contributed by atoms with Crippen molar-refractivity contribution >= 4 is 5.91 Å². The van der Waals surface area contributed by atoms with Gasteiger partial charge in [0.1, 0.15) is 11.6 Å². The highest BCUT2D eigenvalue weighted by molar-refractivity contribution is 5.82. The van der Waals surface area contributed by atoms with Gasteiger partial charge in [0.2, 0.25) is 5.91 Å². The molecular formula is C22H25F2N3O. The van der Waals surface area contributed by atoms with Crippen LogP contribution >= 0.6 is 0 Å². The molecular weight excluding hydrogens is 360 g/mol. The number of halogens is 2. The number of carbonyl (C=O) groups excluding carboxylic acids is 1. The average molecular weight is 385 g/mol. The average Bonchev–Trinajstić information content (AvgIpc) is 3.31. The smallest absolute Gasteiger partial charge is 0.237 e. The number of hydrogen-bond acceptors (Lipinski definition) is 3. The lowest BCUT2D eigenvalue weighted by Crippen LogP contribution is -2.47. The van der Waals surface area contributed by atoms with Gasteiger partial charge in [0.05, 0.1) is 6.04 Å². The number of rotatable bonds is 5. The molecule has 148 valence electrons. The predicted octanol–water partition coefficient (Wildman–Crippen LogP) is 2.41. The van der Waals surface area contributed by atoms with E-state index < -0.39 is 11.6 Å². The molecule has 2 aromatic carbocycles. The minimum absolute atomic E-state index is 0.00247. The summed E-state index contributed by atoms with van der Waals surface area (Å²) in [6.07, 6.45) is 2.49. The lowest BCUT2D eigenvalue weighted by molar-refractivity contribution is -0.125. The van der Waals surface area contributed by atoms with Crippen LogP contribution in [0.25, 0.3) is 0 Å². The van der Waals surface area contributed by atoms with Crippen LogP contribution in [0.3, 0.4) is 0 Å². The number of likely N-dealkylation sites (tertiary alicyclic amines) is 1. The Morgan fingerprint density at radius 2 is 1.71 bits per heavy atom. The van der Waals surface area contributed by atoms with Gasteiger partial charge in [0.15, 0.2) is 0 Å². The van der Waals surface area contributed by atoms with E-state index >= 15 is 0 Å². The number of fused-ring (bicyclic) bond motifs is 1. The number of nitrogens with one attached hydrogen (secondary N) is 2. The molecule has 0 bridgehead atoms. The summed E-state index contributed by atoms with van der Waals surface area (Å²) in [5.41, 5.74) is 2.73. The van der Waals surface area contributed by atoms with Crippen LogP contribution in [-0.4, -0.2) is 42.5 Å². The van der Waals surface area contributed by atoms with Crippen molar-refractivity contribution in [3.05, 3.63) is 70.8 Å². The quantitative estimate of drug-likeness (QED) is 0.831. The van der Waals surface area contributed by atoms with E-state index in [0.29, 0.717) is 13.0 Å². The van der Waals surface area contributed by atoms with Gasteiger partial charge in [0, 0.05) is 37.8 Å². The summed E-state index contributed by atoms with van der Waals surface area (Å²) in [6.45, 7) is 0.801. The molecule has 1 saturated heterocycles. The number of hydrogen-bond donors (Lipinski definition) is 2. The first kappa shape index (κ1) is 19.0. The van der Waals surface area contributed by atoms with Gasteiger partial charge >= 0.3 is 0 Å². The first-order valence-electron chi connectivity index (χ1n) is 9.77. The summed E-state index contributed by atoms with van der Waals surface area (Å²) in [7, 11) is 1.65. The number of benzene rings is 2. The molecule has 4 nitrogen and oxygen atoms in total. The van der Waals surface area contributed by atoms with Gasteiger partial charge in [0.25, 0.3) is 0 Å². The molecule has 1 amide bonds. The normalized spacial score (nSPS) is 22.4. The van der Waals surface area contributed by atoms with Crippen LogP contribution in [0.4, 0.5) is 8.78 Å². The highest BCUT2D eigenvalue weighted by Crippen LogP contribution is 2.31. The number of nitrogens with zero attached hydrogens (tertiary/aromatic N) is 1. The maximum Gasteiger partial charge on any atom is 0.237 e. The van der Waals surface area contributed by atoms with E-state index in [1.807, 2.05) is 0 Å². The van der Waals surface area contributed by atoms with Crippen LogP contribution in [-0.2, 0) is 24.2 Å². The molecule has 2 atom stereocenters. The van der Waals surface area contributed by atoms with Crippen molar-refractivity contribution in [1.82, 2.24) is 15.5 Å². The third-order valence-corrected chi connectivity index (χ3v) is 6.02. The number of carbonyl (C=O) groups is 1. The summed E-state index contributed by atoms with van der Waals surface area (Å²) < 4.78 is 27.8. The molecule has 2 N–H and O–H groups in total. The molecule has 0 spiro atoms. The fourth-order valence-electron chi connectivity index (χ4n) is 4.55. The summed E-state index contributed by atoms with van der Waals surface area (Å²) in [5.74, 6) is -1.09. The molecule has 1 aliphatic carbocycles. The molecule has 28 heavy (non-hydrogen) atoms. The molecule has 0 saturated carbocycles. The Kier molecular flexibility index (Phi) is 5.42. The molecule has 0 unspecified atom stereocenters. The summed E-state index contributed by atoms with van der Waals surface area (Å²) in [4.78, 5) is 14.7. The highest BCUT2D eigenvalue weighted by Gasteiger charge is 2.41. The van der Waals surface area contributed by atoms with E-state index in [1.165, 1.54) is 29.3 Å². The summed E-state index contributed by atoms with van der Waals surface area (Å²) >= 11 is 0. The fourth-order valence-corrected chi connectivity index (χ4v) is 4.55. The second kappa shape index (κ2) is 7.97. The van der Waals surface area contributed by atoms with E-state index in [9.17, 15) is 13.6 Å². The Morgan fingerprint density at radius 1 is 1.07 bits per heavy atom. The van der Waals surface area contributed by atoms with Crippen molar-refractivity contribution in [2.45, 2.75) is 43.9 Å². The molecule has 6 heteroatoms. The monoisotopic (exact) mass is 385 g/mol. The van der Waals surface area contributed by atoms with E-state index in [4.69, 9.17) is 0 Å². The van der Waals surface area contributed by atoms with E-state index in [0.717, 1.165) is 12.8 Å². The number of likely N-dealkylation sites (N-methyl/N-ethyl adjacent to an activating group) is 1. The zero-order chi connectivity index (χ0) is 19.7. The van der Waals surface area contributed by atoms with Crippen LogP contribution in [0.2, 0.25) is 0 Å². The third kappa shape index (κ3) is 3.66. The van der Waals surface area contributed by atoms with Crippen LogP contribution in [0.15, 0.2) is 42.5 Å². The number of amides is 1. The molecule has 1 fully saturated rings. The summed E-state index contributed by atoms with van der Waals surface area (Å²) in [6, 6.07) is 12.4. The minimum atomic E-state index is -0.545. The van der Waals surface area contributed by atoms with E-state index in [2.05, 4.69) is 39.8 Å². The van der Waals surface area contributed by atoms with Gasteiger partial charge in [-0.05, 0) is 42.5 Å². The zero-order valence-electron chi connectivity index (χ0n) is 15.9. The Balaban J connectivity index is 1.46. The van der Waals surface area contributed by atoms with Crippen molar-refractivity contribution in [2.75, 3.05) is 13.6 Å². The molecule has 1 heterocycles. The Labute approximate surface area is 163 Å². The largest absolute Gasteiger partial charge is 0.358 e. The van der Waals surface area contributed by atoms with Crippen LogP contribution < -0.4 is 10.6 Å². The van der Waals surface area contributed by atoms with E-state index in [1.54, 1.807) is 7.05 Å². The van der Waals surface area contributed by atoms with Crippen molar-refractivity contribution < 1.29 is 13.6 Å². The molecule has 2 aromatic rings. The van der Waals surface area contributed by atoms with Gasteiger partial charge in [-0.3, -0.25) is 9.69 Å². The Bertz CT molecular complexity index is 827. The molecule has 0 radical (unpaired) electrons. The standard InChI is InChI=1S/C22H25F2N3O/c1-25-22(28)21-11-16(26-12-18-19(23)7-4-8-20(18)24)13-27(21)17-9-14-5-2-3-6-15(14)10-17/h2-8,16-17,21,26H,9-13H2,1H3,(H,25,28)/t16-,21-/m0/s1. The van der Waals surface area contributed by atoms with Gasteiger partial charge in [-0.15, -0.1) is 0 Å². The molecule has 4 rings (SSSR count). The van der Waals surface area contributed by atoms with Crippen molar-refractivity contribution in [1.29, 1.82) is 0 Å². The van der Waals surface area contributed by atoms with E-state index in [-0.39, 0.29) is 36.1 Å². The van der Waals surface area contributed by atoms with Gasteiger partial charge < -0.3 is 10.6 Å². The predicted molar refractivity (Wildman–Crippen MR) is 104 cm³/mol.